The number of thioether (sulfide) groups is 1. The molecule has 0 radical (unpaired) electrons. The number of hydrogen-bond acceptors (Lipinski definition) is 11. The Balaban J connectivity index is 3.87. The van der Waals surface area contributed by atoms with Crippen molar-refractivity contribution in [1.29, 1.82) is 0 Å². The summed E-state index contributed by atoms with van der Waals surface area (Å²) in [5.74, 6) is -0.720. The lowest BCUT2D eigenvalue weighted by molar-refractivity contribution is -0.147. The molecule has 1 unspecified atom stereocenters. The van der Waals surface area contributed by atoms with Gasteiger partial charge in [0.25, 0.3) is 0 Å². The van der Waals surface area contributed by atoms with Gasteiger partial charge in [-0.15, -0.1) is 11.8 Å². The highest BCUT2D eigenvalue weighted by Crippen LogP contribution is 2.20. The molecule has 0 rings (SSSR count). The number of carbonyl (C=O) groups is 3. The van der Waals surface area contributed by atoms with Crippen molar-refractivity contribution in [2.24, 2.45) is 11.1 Å². The fourth-order valence-electron chi connectivity index (χ4n) is 2.25. The summed E-state index contributed by atoms with van der Waals surface area (Å²) in [7, 11) is 2.58. The largest absolute Gasteiger partial charge is 0.469 e. The zero-order valence-corrected chi connectivity index (χ0v) is 19.2. The Morgan fingerprint density at radius 3 is 2.33 bits per heavy atom. The number of carbonyl (C=O) groups excluding carboxylic acids is 3. The second-order valence-electron chi connectivity index (χ2n) is 7.34. The van der Waals surface area contributed by atoms with E-state index in [-0.39, 0.29) is 19.6 Å². The van der Waals surface area contributed by atoms with Crippen LogP contribution in [0.1, 0.15) is 26.7 Å². The predicted molar refractivity (Wildman–Crippen MR) is 115 cm³/mol. The van der Waals surface area contributed by atoms with Gasteiger partial charge in [0.2, 0.25) is 0 Å². The Morgan fingerprint density at radius 1 is 1.07 bits per heavy atom. The molecule has 0 bridgehead atoms. The molecule has 0 aliphatic rings. The molecule has 30 heavy (non-hydrogen) atoms. The third kappa shape index (κ3) is 13.0. The first-order chi connectivity index (χ1) is 14.2. The average Bonchev–Trinajstić information content (AvgIpc) is 2.74. The van der Waals surface area contributed by atoms with Gasteiger partial charge in [-0.05, 0) is 19.5 Å². The van der Waals surface area contributed by atoms with Crippen molar-refractivity contribution in [2.45, 2.75) is 38.0 Å². The zero-order chi connectivity index (χ0) is 23.0. The summed E-state index contributed by atoms with van der Waals surface area (Å²) in [6.45, 7) is 6.12. The minimum atomic E-state index is -0.669. The SMILES string of the molecule is COC(=O)CC(SCCNCCCNC[C@H](O)C(C)(C)COC(=O)CN)C(=O)OC. The fraction of sp³-hybridized carbons (Fsp3) is 0.842. The molecule has 5 N–H and O–H groups in total. The Morgan fingerprint density at radius 2 is 1.73 bits per heavy atom. The lowest BCUT2D eigenvalue weighted by atomic mass is 9.87. The maximum atomic E-state index is 11.7. The van der Waals surface area contributed by atoms with Gasteiger partial charge >= 0.3 is 17.9 Å². The summed E-state index contributed by atoms with van der Waals surface area (Å²) >= 11 is 1.35. The van der Waals surface area contributed by atoms with Crippen molar-refractivity contribution in [3.05, 3.63) is 0 Å². The minimum absolute atomic E-state index is 0.0120. The quantitative estimate of drug-likeness (QED) is 0.126. The number of methoxy groups -OCH3 is 2. The average molecular weight is 452 g/mol. The molecular formula is C19H37N3O7S. The van der Waals surface area contributed by atoms with Crippen LogP contribution in [0.4, 0.5) is 0 Å². The van der Waals surface area contributed by atoms with Crippen LogP contribution in [0, 0.1) is 5.41 Å². The minimum Gasteiger partial charge on any atom is -0.469 e. The Labute approximate surface area is 182 Å². The lowest BCUT2D eigenvalue weighted by Gasteiger charge is -2.30. The number of nitrogens with two attached hydrogens (primary N) is 1. The van der Waals surface area contributed by atoms with Gasteiger partial charge in [0.1, 0.15) is 5.25 Å². The van der Waals surface area contributed by atoms with Crippen molar-refractivity contribution in [2.75, 3.05) is 59.3 Å². The van der Waals surface area contributed by atoms with Crippen LogP contribution in [0.5, 0.6) is 0 Å². The molecule has 0 saturated heterocycles. The van der Waals surface area contributed by atoms with E-state index < -0.39 is 34.7 Å². The number of rotatable bonds is 17. The molecule has 176 valence electrons. The summed E-state index contributed by atoms with van der Waals surface area (Å²) in [4.78, 5) is 34.2. The third-order valence-electron chi connectivity index (χ3n) is 4.36. The first kappa shape index (κ1) is 28.6. The Hall–Kier alpha value is -1.40. The van der Waals surface area contributed by atoms with E-state index in [1.807, 2.05) is 13.8 Å². The van der Waals surface area contributed by atoms with E-state index in [4.69, 9.17) is 15.2 Å². The summed E-state index contributed by atoms with van der Waals surface area (Å²) in [6, 6.07) is 0. The van der Waals surface area contributed by atoms with Gasteiger partial charge < -0.3 is 35.7 Å². The molecule has 11 heteroatoms. The molecular weight excluding hydrogens is 414 g/mol. The summed E-state index contributed by atoms with van der Waals surface area (Å²) < 4.78 is 14.3. The van der Waals surface area contributed by atoms with Crippen LogP contribution in [-0.2, 0) is 28.6 Å². The molecule has 0 fully saturated rings. The molecule has 0 aromatic rings. The van der Waals surface area contributed by atoms with Gasteiger partial charge in [-0.3, -0.25) is 14.4 Å². The molecule has 0 aromatic heterocycles. The highest BCUT2D eigenvalue weighted by atomic mass is 32.2. The van der Waals surface area contributed by atoms with Gasteiger partial charge in [0.05, 0.1) is 39.9 Å². The molecule has 0 aromatic carbocycles. The maximum absolute atomic E-state index is 11.7. The van der Waals surface area contributed by atoms with Crippen molar-refractivity contribution in [3.8, 4) is 0 Å². The smallest absolute Gasteiger partial charge is 0.319 e. The standard InChI is InChI=1S/C19H37N3O7S/c1-19(2,13-29-17(25)11-20)15(23)12-22-7-5-6-21-8-9-30-14(18(26)28-4)10-16(24)27-3/h14-15,21-23H,5-13,20H2,1-4H3/t14?,15-/m0/s1. The molecule has 0 amide bonds. The van der Waals surface area contributed by atoms with E-state index in [2.05, 4.69) is 15.4 Å². The summed E-state index contributed by atoms with van der Waals surface area (Å²) in [5, 5.41) is 16.1. The van der Waals surface area contributed by atoms with Crippen LogP contribution in [0.25, 0.3) is 0 Å². The van der Waals surface area contributed by atoms with Gasteiger partial charge in [0.15, 0.2) is 0 Å². The number of nitrogens with one attached hydrogen (secondary N) is 2. The number of aliphatic hydroxyl groups excluding tert-OH is 1. The second kappa shape index (κ2) is 16.3. The van der Waals surface area contributed by atoms with Crippen LogP contribution >= 0.6 is 11.8 Å². The van der Waals surface area contributed by atoms with Gasteiger partial charge in [-0.2, -0.15) is 0 Å². The number of aliphatic hydroxyl groups is 1. The molecule has 2 atom stereocenters. The molecule has 0 spiro atoms. The summed E-state index contributed by atoms with van der Waals surface area (Å²) in [5.41, 5.74) is 4.62. The van der Waals surface area contributed by atoms with Gasteiger partial charge in [-0.25, -0.2) is 0 Å². The topological polar surface area (TPSA) is 149 Å². The normalized spacial score (nSPS) is 13.4. The van der Waals surface area contributed by atoms with Crippen LogP contribution < -0.4 is 16.4 Å². The number of ether oxygens (including phenoxy) is 3. The number of hydrogen-bond donors (Lipinski definition) is 4. The van der Waals surface area contributed by atoms with Crippen LogP contribution in [0.3, 0.4) is 0 Å². The molecule has 0 heterocycles. The van der Waals surface area contributed by atoms with Crippen molar-refractivity contribution in [3.63, 3.8) is 0 Å². The van der Waals surface area contributed by atoms with Crippen LogP contribution in [-0.4, -0.2) is 93.7 Å². The zero-order valence-electron chi connectivity index (χ0n) is 18.4. The van der Waals surface area contributed by atoms with Crippen molar-refractivity contribution in [1.82, 2.24) is 10.6 Å². The molecule has 10 nitrogen and oxygen atoms in total. The van der Waals surface area contributed by atoms with E-state index in [1.54, 1.807) is 0 Å². The highest BCUT2D eigenvalue weighted by Gasteiger charge is 2.29. The van der Waals surface area contributed by atoms with E-state index in [1.165, 1.54) is 26.0 Å². The Bertz CT molecular complexity index is 520. The van der Waals surface area contributed by atoms with Crippen LogP contribution in [0.2, 0.25) is 0 Å². The number of esters is 3. The van der Waals surface area contributed by atoms with Crippen molar-refractivity contribution < 1.29 is 33.7 Å². The molecule has 0 saturated carbocycles. The summed E-state index contributed by atoms with van der Waals surface area (Å²) in [6.07, 6.45) is 0.169. The molecule has 0 aliphatic carbocycles. The third-order valence-corrected chi connectivity index (χ3v) is 5.56. The first-order valence-electron chi connectivity index (χ1n) is 9.89. The monoisotopic (exact) mass is 451 g/mol. The molecule has 0 aliphatic heterocycles. The van der Waals surface area contributed by atoms with Gasteiger partial charge in [-0.1, -0.05) is 13.8 Å². The van der Waals surface area contributed by atoms with Crippen LogP contribution in [0.15, 0.2) is 0 Å². The van der Waals surface area contributed by atoms with E-state index in [0.29, 0.717) is 25.4 Å². The predicted octanol–water partition coefficient (Wildman–Crippen LogP) is -0.717. The first-order valence-corrected chi connectivity index (χ1v) is 10.9. The second-order valence-corrected chi connectivity index (χ2v) is 8.65. The maximum Gasteiger partial charge on any atom is 0.319 e. The van der Waals surface area contributed by atoms with Gasteiger partial charge in [0, 0.05) is 24.3 Å². The highest BCUT2D eigenvalue weighted by molar-refractivity contribution is 8.00. The Kier molecular flexibility index (Phi) is 15.6. The van der Waals surface area contributed by atoms with E-state index in [9.17, 15) is 19.5 Å². The fourth-order valence-corrected chi connectivity index (χ4v) is 3.28. The van der Waals surface area contributed by atoms with E-state index in [0.717, 1.165) is 13.0 Å². The van der Waals surface area contributed by atoms with E-state index >= 15 is 0 Å². The lowest BCUT2D eigenvalue weighted by Crippen LogP contribution is -2.42. The van der Waals surface area contributed by atoms with Crippen molar-refractivity contribution >= 4 is 29.7 Å².